The van der Waals surface area contributed by atoms with Crippen molar-refractivity contribution in [2.45, 2.75) is 6.92 Å². The minimum Gasteiger partial charge on any atom is -0.457 e. The largest absolute Gasteiger partial charge is 0.457 e. The maximum atomic E-state index is 8.56. The van der Waals surface area contributed by atoms with Gasteiger partial charge in [-0.25, -0.2) is 0 Å². The summed E-state index contributed by atoms with van der Waals surface area (Å²) in [6.07, 6.45) is 1.51. The van der Waals surface area contributed by atoms with E-state index in [2.05, 4.69) is 15.9 Å². The number of hydrogen-bond donors (Lipinski definition) is 1. The maximum Gasteiger partial charge on any atom is 0.178 e. The van der Waals surface area contributed by atoms with Crippen molar-refractivity contribution >= 4 is 21.6 Å². The van der Waals surface area contributed by atoms with E-state index >= 15 is 0 Å². The van der Waals surface area contributed by atoms with Crippen LogP contribution in [0.1, 0.15) is 12.5 Å². The number of nitrogens with two attached hydrogens (primary N) is 1. The molecule has 62 valence electrons. The molecule has 2 N–H and O–H groups in total. The second kappa shape index (κ2) is 3.46. The van der Waals surface area contributed by atoms with Crippen molar-refractivity contribution in [3.05, 3.63) is 28.1 Å². The smallest absolute Gasteiger partial charge is 0.178 e. The van der Waals surface area contributed by atoms with Gasteiger partial charge in [-0.15, -0.1) is 0 Å². The molecule has 0 aliphatic heterocycles. The second-order valence-electron chi connectivity index (χ2n) is 2.26. The van der Waals surface area contributed by atoms with Crippen LogP contribution in [0, 0.1) is 11.3 Å². The summed E-state index contributed by atoms with van der Waals surface area (Å²) in [6, 6.07) is 3.68. The molecule has 0 unspecified atom stereocenters. The summed E-state index contributed by atoms with van der Waals surface area (Å²) in [5.74, 6) is 0. The molecule has 0 saturated heterocycles. The van der Waals surface area contributed by atoms with E-state index < -0.39 is 0 Å². The standard InChI is InChI=1S/C8H7BrN2O/c1-5(4-10)7(11)6-2-3-12-8(6)9/h2-3H,11H2,1H3/b7-5-. The van der Waals surface area contributed by atoms with Crippen LogP contribution >= 0.6 is 15.9 Å². The van der Waals surface area contributed by atoms with Gasteiger partial charge in [0, 0.05) is 0 Å². The van der Waals surface area contributed by atoms with Crippen LogP contribution in [0.2, 0.25) is 0 Å². The fourth-order valence-corrected chi connectivity index (χ4v) is 1.20. The fraction of sp³-hybridized carbons (Fsp3) is 0.125. The van der Waals surface area contributed by atoms with E-state index in [4.69, 9.17) is 15.4 Å². The van der Waals surface area contributed by atoms with Crippen molar-refractivity contribution in [3.8, 4) is 6.07 Å². The molecule has 0 atom stereocenters. The zero-order valence-electron chi connectivity index (χ0n) is 6.47. The van der Waals surface area contributed by atoms with Crippen molar-refractivity contribution in [3.63, 3.8) is 0 Å². The van der Waals surface area contributed by atoms with Crippen molar-refractivity contribution in [1.29, 1.82) is 5.26 Å². The van der Waals surface area contributed by atoms with Crippen molar-refractivity contribution in [2.75, 3.05) is 0 Å². The van der Waals surface area contributed by atoms with Crippen molar-refractivity contribution in [2.24, 2.45) is 5.73 Å². The molecule has 0 amide bonds. The Morgan fingerprint density at radius 3 is 2.83 bits per heavy atom. The van der Waals surface area contributed by atoms with Crippen LogP contribution in [-0.4, -0.2) is 0 Å². The van der Waals surface area contributed by atoms with Crippen LogP contribution in [0.25, 0.3) is 5.70 Å². The van der Waals surface area contributed by atoms with E-state index in [-0.39, 0.29) is 0 Å². The van der Waals surface area contributed by atoms with E-state index in [9.17, 15) is 0 Å². The van der Waals surface area contributed by atoms with Crippen LogP contribution in [-0.2, 0) is 0 Å². The van der Waals surface area contributed by atoms with Gasteiger partial charge in [0.05, 0.1) is 29.2 Å². The number of nitriles is 1. The Labute approximate surface area is 78.6 Å². The molecule has 12 heavy (non-hydrogen) atoms. The molecule has 0 saturated carbocycles. The van der Waals surface area contributed by atoms with Gasteiger partial charge in [-0.3, -0.25) is 0 Å². The molecule has 0 aromatic carbocycles. The number of rotatable bonds is 1. The maximum absolute atomic E-state index is 8.56. The minimum atomic E-state index is 0.443. The summed E-state index contributed by atoms with van der Waals surface area (Å²) < 4.78 is 5.52. The van der Waals surface area contributed by atoms with Crippen LogP contribution in [0.4, 0.5) is 0 Å². The van der Waals surface area contributed by atoms with Gasteiger partial charge >= 0.3 is 0 Å². The molecule has 0 fully saturated rings. The van der Waals surface area contributed by atoms with Gasteiger partial charge in [0.1, 0.15) is 0 Å². The highest BCUT2D eigenvalue weighted by molar-refractivity contribution is 9.10. The lowest BCUT2D eigenvalue weighted by molar-refractivity contribution is 0.540. The summed E-state index contributed by atoms with van der Waals surface area (Å²) in [5, 5.41) is 8.56. The third kappa shape index (κ3) is 1.51. The van der Waals surface area contributed by atoms with E-state index in [0.717, 1.165) is 0 Å². The molecule has 1 heterocycles. The molecule has 3 nitrogen and oxygen atoms in total. The van der Waals surface area contributed by atoms with Gasteiger partial charge in [0.2, 0.25) is 0 Å². The quantitative estimate of drug-likeness (QED) is 0.748. The predicted octanol–water partition coefficient (Wildman–Crippen LogP) is 2.26. The number of halogens is 1. The summed E-state index contributed by atoms with van der Waals surface area (Å²) in [5.41, 5.74) is 7.30. The Balaban J connectivity index is 3.18. The lowest BCUT2D eigenvalue weighted by Crippen LogP contribution is -1.98. The molecule has 0 bridgehead atoms. The molecular weight excluding hydrogens is 220 g/mol. The number of nitrogens with zero attached hydrogens (tertiary/aromatic N) is 1. The average Bonchev–Trinajstić information content (AvgIpc) is 2.48. The highest BCUT2D eigenvalue weighted by atomic mass is 79.9. The van der Waals surface area contributed by atoms with Crippen LogP contribution in [0.3, 0.4) is 0 Å². The monoisotopic (exact) mass is 226 g/mol. The summed E-state index contributed by atoms with van der Waals surface area (Å²) >= 11 is 3.17. The molecule has 1 aromatic heterocycles. The normalized spacial score (nSPS) is 12.1. The Kier molecular flexibility index (Phi) is 2.56. The predicted molar refractivity (Wildman–Crippen MR) is 48.8 cm³/mol. The summed E-state index contributed by atoms with van der Waals surface area (Å²) in [6.45, 7) is 1.66. The van der Waals surface area contributed by atoms with Gasteiger partial charge in [0.15, 0.2) is 4.67 Å². The number of hydrogen-bond acceptors (Lipinski definition) is 3. The Hall–Kier alpha value is -1.21. The lowest BCUT2D eigenvalue weighted by atomic mass is 10.1. The van der Waals surface area contributed by atoms with Gasteiger partial charge in [0.25, 0.3) is 0 Å². The van der Waals surface area contributed by atoms with Crippen molar-refractivity contribution in [1.82, 2.24) is 0 Å². The first kappa shape index (κ1) is 8.88. The number of allylic oxidation sites excluding steroid dienone is 1. The summed E-state index contributed by atoms with van der Waals surface area (Å²) in [4.78, 5) is 0. The zero-order valence-corrected chi connectivity index (χ0v) is 8.05. The van der Waals surface area contributed by atoms with Gasteiger partial charge in [-0.1, -0.05) is 0 Å². The van der Waals surface area contributed by atoms with E-state index in [0.29, 0.717) is 21.5 Å². The van der Waals surface area contributed by atoms with Gasteiger partial charge in [-0.2, -0.15) is 5.26 Å². The third-order valence-corrected chi connectivity index (χ3v) is 2.09. The molecular formula is C8H7BrN2O. The molecule has 0 radical (unpaired) electrons. The topological polar surface area (TPSA) is 63.0 Å². The van der Waals surface area contributed by atoms with E-state index in [1.165, 1.54) is 6.26 Å². The second-order valence-corrected chi connectivity index (χ2v) is 2.98. The van der Waals surface area contributed by atoms with Crippen molar-refractivity contribution < 1.29 is 4.42 Å². The molecule has 1 rings (SSSR count). The fourth-order valence-electron chi connectivity index (χ4n) is 0.749. The van der Waals surface area contributed by atoms with E-state index in [1.807, 2.05) is 6.07 Å². The Morgan fingerprint density at radius 1 is 1.75 bits per heavy atom. The van der Waals surface area contributed by atoms with Crippen LogP contribution in [0.5, 0.6) is 0 Å². The molecule has 4 heteroatoms. The highest BCUT2D eigenvalue weighted by Gasteiger charge is 2.07. The molecule has 0 aliphatic carbocycles. The molecule has 0 spiro atoms. The van der Waals surface area contributed by atoms with E-state index in [1.54, 1.807) is 13.0 Å². The highest BCUT2D eigenvalue weighted by Crippen LogP contribution is 2.23. The van der Waals surface area contributed by atoms with Gasteiger partial charge in [-0.05, 0) is 28.9 Å². The SMILES string of the molecule is C/C(C#N)=C(/N)c1ccoc1Br. The summed E-state index contributed by atoms with van der Waals surface area (Å²) in [7, 11) is 0. The third-order valence-electron chi connectivity index (χ3n) is 1.48. The first-order valence-electron chi connectivity index (χ1n) is 3.26. The Morgan fingerprint density at radius 2 is 2.42 bits per heavy atom. The molecule has 1 aromatic rings. The van der Waals surface area contributed by atoms with Crippen LogP contribution in [0.15, 0.2) is 27.0 Å². The number of furan rings is 1. The zero-order chi connectivity index (χ0) is 9.14. The first-order chi connectivity index (χ1) is 5.66. The average molecular weight is 227 g/mol. The first-order valence-corrected chi connectivity index (χ1v) is 4.06. The van der Waals surface area contributed by atoms with Crippen LogP contribution < -0.4 is 5.73 Å². The van der Waals surface area contributed by atoms with Gasteiger partial charge < -0.3 is 10.2 Å². The molecule has 0 aliphatic rings. The lowest BCUT2D eigenvalue weighted by Gasteiger charge is -1.97. The minimum absolute atomic E-state index is 0.443. The Bertz CT molecular complexity index is 359.